The SMILES string of the molecule is CCC(C)(C)C(=O)OCc1ccccc1.CCC(C)(C)C(=O)Oc1ccc([N+](=O)[O-])cc1. The van der Waals surface area contributed by atoms with Crippen molar-refractivity contribution in [3.05, 3.63) is 70.3 Å². The molecule has 0 amide bonds. The van der Waals surface area contributed by atoms with Crippen LogP contribution in [-0.4, -0.2) is 16.9 Å². The molecule has 0 heterocycles. The molecule has 0 saturated heterocycles. The molecular formula is C25H33NO6. The molecule has 2 aromatic rings. The first-order chi connectivity index (χ1) is 14.9. The van der Waals surface area contributed by atoms with Crippen molar-refractivity contribution in [3.63, 3.8) is 0 Å². The molecule has 0 aliphatic rings. The van der Waals surface area contributed by atoms with Crippen molar-refractivity contribution in [2.24, 2.45) is 10.8 Å². The molecule has 0 atom stereocenters. The summed E-state index contributed by atoms with van der Waals surface area (Å²) in [6.07, 6.45) is 1.46. The largest absolute Gasteiger partial charge is 0.460 e. The summed E-state index contributed by atoms with van der Waals surface area (Å²) < 4.78 is 10.4. The van der Waals surface area contributed by atoms with Crippen LogP contribution in [0, 0.1) is 20.9 Å². The summed E-state index contributed by atoms with van der Waals surface area (Å²) in [4.78, 5) is 33.3. The van der Waals surface area contributed by atoms with Crippen LogP contribution in [0.25, 0.3) is 0 Å². The molecule has 0 saturated carbocycles. The molecule has 2 aromatic carbocycles. The van der Waals surface area contributed by atoms with Crippen LogP contribution in [0.15, 0.2) is 54.6 Å². The third kappa shape index (κ3) is 8.49. The van der Waals surface area contributed by atoms with Crippen molar-refractivity contribution >= 4 is 17.6 Å². The van der Waals surface area contributed by atoms with E-state index in [-0.39, 0.29) is 23.0 Å². The predicted octanol–water partition coefficient (Wildman–Crippen LogP) is 6.10. The van der Waals surface area contributed by atoms with E-state index in [2.05, 4.69) is 0 Å². The maximum absolute atomic E-state index is 11.7. The lowest BCUT2D eigenvalue weighted by Gasteiger charge is -2.20. The lowest BCUT2D eigenvalue weighted by atomic mass is 9.91. The summed E-state index contributed by atoms with van der Waals surface area (Å²) in [7, 11) is 0. The summed E-state index contributed by atoms with van der Waals surface area (Å²) >= 11 is 0. The van der Waals surface area contributed by atoms with E-state index < -0.39 is 10.3 Å². The second-order valence-corrected chi connectivity index (χ2v) is 8.68. The second kappa shape index (κ2) is 12.0. The molecule has 0 aliphatic carbocycles. The van der Waals surface area contributed by atoms with Crippen LogP contribution in [-0.2, 0) is 20.9 Å². The minimum absolute atomic E-state index is 0.0282. The van der Waals surface area contributed by atoms with Gasteiger partial charge in [0.25, 0.3) is 5.69 Å². The van der Waals surface area contributed by atoms with Crippen molar-refractivity contribution in [1.29, 1.82) is 0 Å². The Morgan fingerprint density at radius 3 is 1.81 bits per heavy atom. The Labute approximate surface area is 189 Å². The van der Waals surface area contributed by atoms with E-state index >= 15 is 0 Å². The van der Waals surface area contributed by atoms with Gasteiger partial charge >= 0.3 is 11.9 Å². The van der Waals surface area contributed by atoms with E-state index in [1.807, 2.05) is 58.0 Å². The number of ether oxygens (including phenoxy) is 2. The van der Waals surface area contributed by atoms with Crippen LogP contribution in [0.1, 0.15) is 59.9 Å². The number of nitro benzene ring substituents is 1. The van der Waals surface area contributed by atoms with Crippen LogP contribution in [0.4, 0.5) is 5.69 Å². The molecule has 0 unspecified atom stereocenters. The van der Waals surface area contributed by atoms with Gasteiger partial charge in [0.1, 0.15) is 12.4 Å². The quantitative estimate of drug-likeness (QED) is 0.212. The first-order valence-electron chi connectivity index (χ1n) is 10.6. The van der Waals surface area contributed by atoms with E-state index in [0.717, 1.165) is 12.0 Å². The zero-order valence-electron chi connectivity index (χ0n) is 19.7. The number of nitrogens with zero attached hydrogens (tertiary/aromatic N) is 1. The van der Waals surface area contributed by atoms with E-state index in [4.69, 9.17) is 9.47 Å². The highest BCUT2D eigenvalue weighted by molar-refractivity contribution is 5.78. The fraction of sp³-hybridized carbons (Fsp3) is 0.440. The topological polar surface area (TPSA) is 95.7 Å². The average molecular weight is 444 g/mol. The lowest BCUT2D eigenvalue weighted by Crippen LogP contribution is -2.28. The number of esters is 2. The van der Waals surface area contributed by atoms with Gasteiger partial charge in [-0.25, -0.2) is 0 Å². The van der Waals surface area contributed by atoms with Gasteiger partial charge in [0.05, 0.1) is 15.8 Å². The Balaban J connectivity index is 0.000000323. The highest BCUT2D eigenvalue weighted by Gasteiger charge is 2.28. The van der Waals surface area contributed by atoms with Gasteiger partial charge in [0, 0.05) is 12.1 Å². The monoisotopic (exact) mass is 443 g/mol. The minimum Gasteiger partial charge on any atom is -0.460 e. The van der Waals surface area contributed by atoms with E-state index in [1.54, 1.807) is 13.8 Å². The smallest absolute Gasteiger partial charge is 0.316 e. The predicted molar refractivity (Wildman–Crippen MR) is 123 cm³/mol. The molecule has 32 heavy (non-hydrogen) atoms. The summed E-state index contributed by atoms with van der Waals surface area (Å²) in [5.74, 6) is -0.148. The van der Waals surface area contributed by atoms with Crippen LogP contribution in [0.2, 0.25) is 0 Å². The minimum atomic E-state index is -0.554. The molecule has 0 aliphatic heterocycles. The van der Waals surface area contributed by atoms with Crippen molar-refractivity contribution in [2.45, 2.75) is 61.0 Å². The maximum atomic E-state index is 11.7. The van der Waals surface area contributed by atoms with Crippen molar-refractivity contribution in [1.82, 2.24) is 0 Å². The summed E-state index contributed by atoms with van der Waals surface area (Å²) in [6, 6.07) is 15.2. The molecule has 0 bridgehead atoms. The third-order valence-corrected chi connectivity index (χ3v) is 5.34. The Hall–Kier alpha value is -3.22. The van der Waals surface area contributed by atoms with Gasteiger partial charge in [-0.1, -0.05) is 44.2 Å². The summed E-state index contributed by atoms with van der Waals surface area (Å²) in [5, 5.41) is 10.4. The number of rotatable bonds is 8. The zero-order chi connectivity index (χ0) is 24.4. The lowest BCUT2D eigenvalue weighted by molar-refractivity contribution is -0.384. The van der Waals surface area contributed by atoms with E-state index in [9.17, 15) is 19.7 Å². The maximum Gasteiger partial charge on any atom is 0.316 e. The molecule has 174 valence electrons. The Bertz CT molecular complexity index is 888. The number of non-ortho nitro benzene ring substituents is 1. The summed E-state index contributed by atoms with van der Waals surface area (Å²) in [6.45, 7) is 11.6. The van der Waals surface area contributed by atoms with Crippen LogP contribution in [0.3, 0.4) is 0 Å². The molecule has 0 aromatic heterocycles. The highest BCUT2D eigenvalue weighted by Crippen LogP contribution is 2.25. The van der Waals surface area contributed by atoms with Crippen LogP contribution >= 0.6 is 0 Å². The van der Waals surface area contributed by atoms with Gasteiger partial charge in [-0.15, -0.1) is 0 Å². The molecule has 7 heteroatoms. The van der Waals surface area contributed by atoms with E-state index in [0.29, 0.717) is 18.8 Å². The number of hydrogen-bond acceptors (Lipinski definition) is 6. The number of carbonyl (C=O) groups is 2. The molecule has 0 N–H and O–H groups in total. The Morgan fingerprint density at radius 2 is 1.34 bits per heavy atom. The van der Waals surface area contributed by atoms with Gasteiger partial charge in [0.2, 0.25) is 0 Å². The Kier molecular flexibility index (Phi) is 10.0. The van der Waals surface area contributed by atoms with Gasteiger partial charge in [-0.05, 0) is 58.2 Å². The first-order valence-corrected chi connectivity index (χ1v) is 10.6. The first kappa shape index (κ1) is 26.8. The zero-order valence-corrected chi connectivity index (χ0v) is 19.7. The number of carbonyl (C=O) groups excluding carboxylic acids is 2. The molecular weight excluding hydrogens is 410 g/mol. The second-order valence-electron chi connectivity index (χ2n) is 8.68. The number of nitro groups is 1. The molecule has 0 radical (unpaired) electrons. The number of hydrogen-bond donors (Lipinski definition) is 0. The van der Waals surface area contributed by atoms with Gasteiger partial charge in [-0.3, -0.25) is 19.7 Å². The van der Waals surface area contributed by atoms with Crippen molar-refractivity contribution < 1.29 is 24.0 Å². The van der Waals surface area contributed by atoms with Gasteiger partial charge in [0.15, 0.2) is 0 Å². The molecule has 2 rings (SSSR count). The normalized spacial score (nSPS) is 11.1. The number of benzene rings is 2. The fourth-order valence-corrected chi connectivity index (χ4v) is 2.09. The van der Waals surface area contributed by atoms with Gasteiger partial charge < -0.3 is 9.47 Å². The van der Waals surface area contributed by atoms with Crippen LogP contribution in [0.5, 0.6) is 5.75 Å². The third-order valence-electron chi connectivity index (χ3n) is 5.34. The highest BCUT2D eigenvalue weighted by atomic mass is 16.6. The summed E-state index contributed by atoms with van der Waals surface area (Å²) in [5.41, 5.74) is 0.0635. The average Bonchev–Trinajstić information content (AvgIpc) is 2.78. The molecule has 0 fully saturated rings. The molecule has 0 spiro atoms. The fourth-order valence-electron chi connectivity index (χ4n) is 2.09. The van der Waals surface area contributed by atoms with Crippen molar-refractivity contribution in [3.8, 4) is 5.75 Å². The van der Waals surface area contributed by atoms with Gasteiger partial charge in [-0.2, -0.15) is 0 Å². The van der Waals surface area contributed by atoms with Crippen LogP contribution < -0.4 is 4.74 Å². The Morgan fingerprint density at radius 1 is 0.844 bits per heavy atom. The standard InChI is InChI=1S/C13H18O2.C12H15NO4/c1-4-13(2,3)12(14)15-10-11-8-6-5-7-9-11;1-4-12(2,3)11(14)17-10-7-5-9(6-8-10)13(15)16/h5-9H,4,10H2,1-3H3;5-8H,4H2,1-3H3. The molecule has 7 nitrogen and oxygen atoms in total. The van der Waals surface area contributed by atoms with Crippen molar-refractivity contribution in [2.75, 3.05) is 0 Å². The van der Waals surface area contributed by atoms with E-state index in [1.165, 1.54) is 24.3 Å².